The van der Waals surface area contributed by atoms with Crippen molar-refractivity contribution in [3.05, 3.63) is 63.2 Å². The van der Waals surface area contributed by atoms with Crippen molar-refractivity contribution in [2.24, 2.45) is 0 Å². The number of anilines is 1. The molecule has 0 aliphatic heterocycles. The van der Waals surface area contributed by atoms with Crippen LogP contribution in [0.3, 0.4) is 0 Å². The lowest BCUT2D eigenvalue weighted by atomic mass is 10.2. The van der Waals surface area contributed by atoms with Gasteiger partial charge in [-0.05, 0) is 31.5 Å². The van der Waals surface area contributed by atoms with Gasteiger partial charge in [-0.15, -0.1) is 0 Å². The molecule has 0 atom stereocenters. The largest absolute Gasteiger partial charge is 0.384 e. The molecule has 0 bridgehead atoms. The van der Waals surface area contributed by atoms with Crippen molar-refractivity contribution in [3.63, 3.8) is 0 Å². The van der Waals surface area contributed by atoms with Gasteiger partial charge in [0.25, 0.3) is 5.69 Å². The highest BCUT2D eigenvalue weighted by Gasteiger charge is 2.13. The molecule has 134 valence electrons. The first-order valence-corrected chi connectivity index (χ1v) is 9.40. The van der Waals surface area contributed by atoms with E-state index in [0.717, 1.165) is 5.56 Å². The van der Waals surface area contributed by atoms with Crippen molar-refractivity contribution in [1.82, 2.24) is 4.72 Å². The number of nitro benzene ring substituents is 1. The smallest absolute Gasteiger partial charge is 0.271 e. The maximum atomic E-state index is 12.1. The van der Waals surface area contributed by atoms with Crippen LogP contribution in [0.4, 0.5) is 11.4 Å². The summed E-state index contributed by atoms with van der Waals surface area (Å²) in [6.07, 6.45) is 0.526. The summed E-state index contributed by atoms with van der Waals surface area (Å²) in [6.45, 7) is 2.61. The van der Waals surface area contributed by atoms with Crippen LogP contribution in [0.25, 0.3) is 0 Å². The number of sulfonamides is 1. The second-order valence-corrected chi connectivity index (χ2v) is 7.59. The van der Waals surface area contributed by atoms with Crippen LogP contribution < -0.4 is 10.0 Å². The van der Waals surface area contributed by atoms with Crippen LogP contribution in [0.1, 0.15) is 12.0 Å². The van der Waals surface area contributed by atoms with E-state index in [9.17, 15) is 18.5 Å². The fraction of sp³-hybridized carbons (Fsp3) is 0.250. The molecule has 2 aromatic carbocycles. The Hall–Kier alpha value is -2.16. The molecule has 0 aliphatic rings. The molecule has 0 radical (unpaired) electrons. The van der Waals surface area contributed by atoms with Gasteiger partial charge in [0, 0.05) is 25.2 Å². The summed E-state index contributed by atoms with van der Waals surface area (Å²) in [6, 6.07) is 10.8. The van der Waals surface area contributed by atoms with E-state index < -0.39 is 14.9 Å². The van der Waals surface area contributed by atoms with Gasteiger partial charge in [0.1, 0.15) is 0 Å². The molecule has 0 aromatic heterocycles. The van der Waals surface area contributed by atoms with Crippen LogP contribution in [0, 0.1) is 17.0 Å². The van der Waals surface area contributed by atoms with Gasteiger partial charge in [0.05, 0.1) is 20.5 Å². The van der Waals surface area contributed by atoms with Gasteiger partial charge in [-0.25, -0.2) is 13.1 Å². The molecule has 25 heavy (non-hydrogen) atoms. The number of aryl methyl sites for hydroxylation is 1. The minimum absolute atomic E-state index is 0.0820. The molecular formula is C16H18ClN3O4S. The van der Waals surface area contributed by atoms with E-state index in [4.69, 9.17) is 11.6 Å². The molecule has 0 heterocycles. The molecule has 0 aliphatic carbocycles. The molecule has 0 unspecified atom stereocenters. The Bertz CT molecular complexity index is 854. The second kappa shape index (κ2) is 8.28. The van der Waals surface area contributed by atoms with Gasteiger partial charge in [-0.2, -0.15) is 0 Å². The number of non-ortho nitro benzene ring substituents is 1. The Balaban J connectivity index is 1.81. The predicted octanol–water partition coefficient (Wildman–Crippen LogP) is 3.34. The Morgan fingerprint density at radius 1 is 1.12 bits per heavy atom. The first-order valence-electron chi connectivity index (χ1n) is 7.54. The molecule has 0 saturated heterocycles. The van der Waals surface area contributed by atoms with Crippen LogP contribution in [0.5, 0.6) is 0 Å². The maximum absolute atomic E-state index is 12.1. The molecule has 0 amide bonds. The number of halogens is 1. The summed E-state index contributed by atoms with van der Waals surface area (Å²) in [5.41, 5.74) is 1.47. The quantitative estimate of drug-likeness (QED) is 0.413. The number of nitrogens with one attached hydrogen (secondary N) is 2. The van der Waals surface area contributed by atoms with Gasteiger partial charge in [-0.1, -0.05) is 29.3 Å². The van der Waals surface area contributed by atoms with E-state index in [0.29, 0.717) is 18.7 Å². The molecule has 7 nitrogen and oxygen atoms in total. The third kappa shape index (κ3) is 5.42. The Labute approximate surface area is 151 Å². The minimum atomic E-state index is -3.52. The lowest BCUT2D eigenvalue weighted by molar-refractivity contribution is -0.384. The molecule has 0 saturated carbocycles. The van der Waals surface area contributed by atoms with Crippen molar-refractivity contribution in [3.8, 4) is 0 Å². The van der Waals surface area contributed by atoms with Gasteiger partial charge in [-0.3, -0.25) is 10.1 Å². The van der Waals surface area contributed by atoms with Crippen LogP contribution in [0.15, 0.2) is 47.4 Å². The average molecular weight is 384 g/mol. The highest BCUT2D eigenvalue weighted by atomic mass is 35.5. The van der Waals surface area contributed by atoms with E-state index in [1.54, 1.807) is 24.3 Å². The van der Waals surface area contributed by atoms with Gasteiger partial charge in [0.2, 0.25) is 10.0 Å². The molecule has 9 heteroatoms. The van der Waals surface area contributed by atoms with Crippen molar-refractivity contribution < 1.29 is 13.3 Å². The SMILES string of the molecule is Cc1ccc(S(=O)(=O)NCCCNc2ccc([N+](=O)[O-])cc2Cl)cc1. The number of rotatable bonds is 8. The number of hydrogen-bond acceptors (Lipinski definition) is 5. The lowest BCUT2D eigenvalue weighted by Gasteiger charge is -2.09. The zero-order valence-corrected chi connectivity index (χ0v) is 15.1. The predicted molar refractivity (Wildman–Crippen MR) is 97.6 cm³/mol. The Morgan fingerprint density at radius 3 is 2.40 bits per heavy atom. The van der Waals surface area contributed by atoms with E-state index in [2.05, 4.69) is 10.0 Å². The van der Waals surface area contributed by atoms with Gasteiger partial charge in [0.15, 0.2) is 0 Å². The van der Waals surface area contributed by atoms with Crippen LogP contribution in [0.2, 0.25) is 5.02 Å². The van der Waals surface area contributed by atoms with Crippen LogP contribution in [-0.2, 0) is 10.0 Å². The standard InChI is InChI=1S/C16H18ClN3O4S/c1-12-3-6-14(7-4-12)25(23,24)19-10-2-9-18-16-8-5-13(20(21)22)11-15(16)17/h3-8,11,18-19H,2,9-10H2,1H3. The van der Waals surface area contributed by atoms with E-state index in [1.165, 1.54) is 18.2 Å². The normalized spacial score (nSPS) is 11.3. The summed E-state index contributed by atoms with van der Waals surface area (Å²) >= 11 is 5.97. The number of hydrogen-bond donors (Lipinski definition) is 2. The number of nitro groups is 1. The highest BCUT2D eigenvalue weighted by Crippen LogP contribution is 2.26. The van der Waals surface area contributed by atoms with Crippen molar-refractivity contribution >= 4 is 33.0 Å². The number of nitrogens with zero attached hydrogens (tertiary/aromatic N) is 1. The maximum Gasteiger partial charge on any atom is 0.271 e. The zero-order chi connectivity index (χ0) is 18.4. The molecule has 0 fully saturated rings. The summed E-state index contributed by atoms with van der Waals surface area (Å²) in [7, 11) is -3.52. The summed E-state index contributed by atoms with van der Waals surface area (Å²) in [5, 5.41) is 13.9. The van der Waals surface area contributed by atoms with Crippen molar-refractivity contribution in [2.45, 2.75) is 18.2 Å². The van der Waals surface area contributed by atoms with Gasteiger partial charge >= 0.3 is 0 Å². The summed E-state index contributed by atoms with van der Waals surface area (Å²) in [5.74, 6) is 0. The summed E-state index contributed by atoms with van der Waals surface area (Å²) in [4.78, 5) is 10.4. The van der Waals surface area contributed by atoms with Crippen molar-refractivity contribution in [1.29, 1.82) is 0 Å². The Kier molecular flexibility index (Phi) is 6.35. The van der Waals surface area contributed by atoms with E-state index >= 15 is 0 Å². The highest BCUT2D eigenvalue weighted by molar-refractivity contribution is 7.89. The molecular weight excluding hydrogens is 366 g/mol. The number of benzene rings is 2. The first-order chi connectivity index (χ1) is 11.8. The van der Waals surface area contributed by atoms with E-state index in [-0.39, 0.29) is 22.2 Å². The molecule has 2 aromatic rings. The van der Waals surface area contributed by atoms with Crippen LogP contribution >= 0.6 is 11.6 Å². The Morgan fingerprint density at radius 2 is 1.80 bits per heavy atom. The van der Waals surface area contributed by atoms with Gasteiger partial charge < -0.3 is 5.32 Å². The monoisotopic (exact) mass is 383 g/mol. The molecule has 0 spiro atoms. The molecule has 2 rings (SSSR count). The lowest BCUT2D eigenvalue weighted by Crippen LogP contribution is -2.26. The summed E-state index contributed by atoms with van der Waals surface area (Å²) < 4.78 is 26.8. The average Bonchev–Trinajstić information content (AvgIpc) is 2.56. The van der Waals surface area contributed by atoms with Crippen molar-refractivity contribution in [2.75, 3.05) is 18.4 Å². The topological polar surface area (TPSA) is 101 Å². The van der Waals surface area contributed by atoms with Crippen LogP contribution in [-0.4, -0.2) is 26.4 Å². The third-order valence-corrected chi connectivity index (χ3v) is 5.25. The third-order valence-electron chi connectivity index (χ3n) is 3.46. The van der Waals surface area contributed by atoms with E-state index in [1.807, 2.05) is 6.92 Å². The first kappa shape index (κ1) is 19.2. The molecule has 2 N–H and O–H groups in total. The minimum Gasteiger partial charge on any atom is -0.384 e. The fourth-order valence-electron chi connectivity index (χ4n) is 2.08. The zero-order valence-electron chi connectivity index (χ0n) is 13.5. The fourth-order valence-corrected chi connectivity index (χ4v) is 3.40. The second-order valence-electron chi connectivity index (χ2n) is 5.41.